The van der Waals surface area contributed by atoms with E-state index in [4.69, 9.17) is 0 Å². The number of nitrogens with one attached hydrogen (secondary N) is 1. The molecule has 0 saturated heterocycles. The fourth-order valence-electron chi connectivity index (χ4n) is 1.68. The first-order valence-electron chi connectivity index (χ1n) is 5.12. The van der Waals surface area contributed by atoms with E-state index in [0.717, 1.165) is 6.26 Å². The first-order valence-corrected chi connectivity index (χ1v) is 7.01. The third-order valence-corrected chi connectivity index (χ3v) is 3.56. The van der Waals surface area contributed by atoms with Crippen molar-refractivity contribution < 1.29 is 21.6 Å². The third-order valence-electron chi connectivity index (χ3n) is 2.42. The Morgan fingerprint density at radius 2 is 1.74 bits per heavy atom. The van der Waals surface area contributed by atoms with Crippen LogP contribution >= 0.6 is 0 Å². The van der Waals surface area contributed by atoms with Crippen molar-refractivity contribution in [3.05, 3.63) is 36.0 Å². The van der Waals surface area contributed by atoms with Crippen molar-refractivity contribution >= 4 is 9.84 Å². The molecule has 0 fully saturated rings. The molecule has 0 saturated carbocycles. The maximum absolute atomic E-state index is 12.8. The number of halogens is 3. The lowest BCUT2D eigenvalue weighted by Crippen LogP contribution is -2.12. The summed E-state index contributed by atoms with van der Waals surface area (Å²) in [6.45, 7) is 0. The Kier molecular flexibility index (Phi) is 3.13. The van der Waals surface area contributed by atoms with Crippen LogP contribution < -0.4 is 0 Å². The highest BCUT2D eigenvalue weighted by Gasteiger charge is 2.40. The number of hydrogen-bond donors (Lipinski definition) is 1. The van der Waals surface area contributed by atoms with E-state index in [0.29, 0.717) is 5.56 Å². The third kappa shape index (κ3) is 2.62. The summed E-state index contributed by atoms with van der Waals surface area (Å²) in [5.41, 5.74) is -1.28. The second-order valence-electron chi connectivity index (χ2n) is 3.91. The van der Waals surface area contributed by atoms with E-state index in [1.807, 2.05) is 0 Å². The van der Waals surface area contributed by atoms with Gasteiger partial charge in [0.25, 0.3) is 0 Å². The summed E-state index contributed by atoms with van der Waals surface area (Å²) in [6, 6.07) is 7.82. The van der Waals surface area contributed by atoms with Gasteiger partial charge in [0.15, 0.2) is 15.5 Å². The van der Waals surface area contributed by atoms with Gasteiger partial charge in [-0.25, -0.2) is 8.42 Å². The molecule has 1 N–H and O–H groups in total. The van der Waals surface area contributed by atoms with Crippen molar-refractivity contribution in [2.45, 2.75) is 11.1 Å². The SMILES string of the molecule is CS(=O)(=O)c1c(-c2ccccc2)n[nH]c1C(F)(F)F. The second kappa shape index (κ2) is 4.37. The lowest BCUT2D eigenvalue weighted by molar-refractivity contribution is -0.143. The molecule has 4 nitrogen and oxygen atoms in total. The minimum Gasteiger partial charge on any atom is -0.272 e. The predicted octanol–water partition coefficient (Wildman–Crippen LogP) is 2.50. The lowest BCUT2D eigenvalue weighted by atomic mass is 10.1. The van der Waals surface area contributed by atoms with Crippen LogP contribution in [0, 0.1) is 0 Å². The minimum atomic E-state index is -4.81. The summed E-state index contributed by atoms with van der Waals surface area (Å²) in [5.74, 6) is 0. The van der Waals surface area contributed by atoms with Crippen LogP contribution in [-0.2, 0) is 16.0 Å². The van der Waals surface area contributed by atoms with Gasteiger partial charge in [-0.3, -0.25) is 5.10 Å². The second-order valence-corrected chi connectivity index (χ2v) is 5.86. The highest BCUT2D eigenvalue weighted by atomic mass is 32.2. The number of alkyl halides is 3. The van der Waals surface area contributed by atoms with Crippen LogP contribution in [0.3, 0.4) is 0 Å². The maximum atomic E-state index is 12.8. The van der Waals surface area contributed by atoms with Crippen molar-refractivity contribution in [3.63, 3.8) is 0 Å². The van der Waals surface area contributed by atoms with Crippen molar-refractivity contribution in [2.75, 3.05) is 6.26 Å². The molecule has 0 radical (unpaired) electrons. The first-order chi connectivity index (χ1) is 8.71. The number of benzene rings is 1. The molecule has 0 aliphatic carbocycles. The Hall–Kier alpha value is -1.83. The summed E-state index contributed by atoms with van der Waals surface area (Å²) in [6.07, 6.45) is -4.09. The molecule has 0 unspecified atom stereocenters. The lowest BCUT2D eigenvalue weighted by Gasteiger charge is -2.07. The molecule has 0 aliphatic rings. The molecule has 0 atom stereocenters. The number of sulfone groups is 1. The molecule has 8 heteroatoms. The van der Waals surface area contributed by atoms with Gasteiger partial charge in [-0.05, 0) is 0 Å². The van der Waals surface area contributed by atoms with Gasteiger partial charge in [0.05, 0.1) is 0 Å². The number of nitrogens with zero attached hydrogens (tertiary/aromatic N) is 1. The van der Waals surface area contributed by atoms with Gasteiger partial charge in [0, 0.05) is 11.8 Å². The zero-order valence-electron chi connectivity index (χ0n) is 9.69. The van der Waals surface area contributed by atoms with Gasteiger partial charge in [0.2, 0.25) is 0 Å². The summed E-state index contributed by atoms with van der Waals surface area (Å²) >= 11 is 0. The summed E-state index contributed by atoms with van der Waals surface area (Å²) in [5, 5.41) is 5.26. The average molecular weight is 290 g/mol. The Labute approximate surface area is 107 Å². The molecular formula is C11H9F3N2O2S. The maximum Gasteiger partial charge on any atom is 0.434 e. The van der Waals surface area contributed by atoms with Crippen molar-refractivity contribution in [3.8, 4) is 11.3 Å². The molecule has 0 bridgehead atoms. The molecule has 1 aromatic carbocycles. The fourth-order valence-corrected chi connectivity index (χ4v) is 2.72. The van der Waals surface area contributed by atoms with E-state index < -0.39 is 26.6 Å². The number of aromatic amines is 1. The molecule has 0 aliphatic heterocycles. The molecule has 2 aromatic rings. The van der Waals surface area contributed by atoms with Crippen LogP contribution in [0.5, 0.6) is 0 Å². The summed E-state index contributed by atoms with van der Waals surface area (Å²) < 4.78 is 61.5. The highest BCUT2D eigenvalue weighted by molar-refractivity contribution is 7.90. The van der Waals surface area contributed by atoms with E-state index in [1.54, 1.807) is 23.3 Å². The highest BCUT2D eigenvalue weighted by Crippen LogP contribution is 2.37. The molecule has 2 rings (SSSR count). The van der Waals surface area contributed by atoms with Gasteiger partial charge in [0.1, 0.15) is 10.6 Å². The fraction of sp³-hybridized carbons (Fsp3) is 0.182. The Morgan fingerprint density at radius 1 is 1.16 bits per heavy atom. The molecule has 0 spiro atoms. The Balaban J connectivity index is 2.75. The molecule has 1 heterocycles. The van der Waals surface area contributed by atoms with E-state index in [2.05, 4.69) is 5.10 Å². The van der Waals surface area contributed by atoms with Crippen LogP contribution in [0.4, 0.5) is 13.2 Å². The molecule has 0 amide bonds. The van der Waals surface area contributed by atoms with E-state index >= 15 is 0 Å². The number of hydrogen-bond acceptors (Lipinski definition) is 3. The van der Waals surface area contributed by atoms with Crippen LogP contribution in [0.15, 0.2) is 35.2 Å². The largest absolute Gasteiger partial charge is 0.434 e. The molecule has 1 aromatic heterocycles. The Morgan fingerprint density at radius 3 is 2.21 bits per heavy atom. The normalized spacial score (nSPS) is 12.6. The van der Waals surface area contributed by atoms with Crippen LogP contribution in [-0.4, -0.2) is 24.9 Å². The van der Waals surface area contributed by atoms with Crippen LogP contribution in [0.25, 0.3) is 11.3 Å². The predicted molar refractivity (Wildman–Crippen MR) is 62.1 cm³/mol. The van der Waals surface area contributed by atoms with Gasteiger partial charge in [-0.2, -0.15) is 18.3 Å². The zero-order chi connectivity index (χ0) is 14.3. The smallest absolute Gasteiger partial charge is 0.272 e. The summed E-state index contributed by atoms with van der Waals surface area (Å²) in [4.78, 5) is -0.828. The van der Waals surface area contributed by atoms with E-state index in [1.165, 1.54) is 12.1 Å². The van der Waals surface area contributed by atoms with Gasteiger partial charge in [-0.15, -0.1) is 0 Å². The molecule has 102 valence electrons. The van der Waals surface area contributed by atoms with Crippen LogP contribution in [0.1, 0.15) is 5.69 Å². The zero-order valence-corrected chi connectivity index (χ0v) is 10.5. The summed E-state index contributed by atoms with van der Waals surface area (Å²) in [7, 11) is -4.07. The van der Waals surface area contributed by atoms with Crippen LogP contribution in [0.2, 0.25) is 0 Å². The quantitative estimate of drug-likeness (QED) is 0.924. The standard InChI is InChI=1S/C11H9F3N2O2S/c1-19(17,18)9-8(7-5-3-2-4-6-7)15-16-10(9)11(12,13)14/h2-6H,1H3,(H,15,16). The van der Waals surface area contributed by atoms with Crippen molar-refractivity contribution in [2.24, 2.45) is 0 Å². The average Bonchev–Trinajstić information content (AvgIpc) is 2.74. The van der Waals surface area contributed by atoms with E-state index in [9.17, 15) is 21.6 Å². The number of H-pyrrole nitrogens is 1. The van der Waals surface area contributed by atoms with Gasteiger partial charge >= 0.3 is 6.18 Å². The van der Waals surface area contributed by atoms with Crippen molar-refractivity contribution in [1.29, 1.82) is 0 Å². The van der Waals surface area contributed by atoms with Gasteiger partial charge in [-0.1, -0.05) is 30.3 Å². The van der Waals surface area contributed by atoms with Crippen molar-refractivity contribution in [1.82, 2.24) is 10.2 Å². The Bertz CT molecular complexity index is 690. The molecule has 19 heavy (non-hydrogen) atoms. The topological polar surface area (TPSA) is 62.8 Å². The number of rotatable bonds is 2. The monoisotopic (exact) mass is 290 g/mol. The molecular weight excluding hydrogens is 281 g/mol. The van der Waals surface area contributed by atoms with E-state index in [-0.39, 0.29) is 5.69 Å². The number of aromatic nitrogens is 2. The van der Waals surface area contributed by atoms with Gasteiger partial charge < -0.3 is 0 Å². The first kappa shape index (κ1) is 13.6. The minimum absolute atomic E-state index is 0.226.